The summed E-state index contributed by atoms with van der Waals surface area (Å²) in [7, 11) is 0. The summed E-state index contributed by atoms with van der Waals surface area (Å²) in [5.74, 6) is 1.55. The molecule has 0 saturated heterocycles. The molecule has 0 amide bonds. The first-order valence-electron chi connectivity index (χ1n) is 6.94. The number of hydrogen-bond acceptors (Lipinski definition) is 1. The van der Waals surface area contributed by atoms with Crippen LogP contribution in [0.4, 0.5) is 0 Å². The minimum absolute atomic E-state index is 0.736. The highest BCUT2D eigenvalue weighted by atomic mass is 14.9. The van der Waals surface area contributed by atoms with E-state index in [0.717, 1.165) is 24.4 Å². The summed E-state index contributed by atoms with van der Waals surface area (Å²) >= 11 is 0. The molecule has 0 bridgehead atoms. The summed E-state index contributed by atoms with van der Waals surface area (Å²) in [5.41, 5.74) is 4.50. The molecule has 1 aromatic rings. The van der Waals surface area contributed by atoms with Gasteiger partial charge in [0.15, 0.2) is 0 Å². The van der Waals surface area contributed by atoms with Gasteiger partial charge in [-0.3, -0.25) is 0 Å². The lowest BCUT2D eigenvalue weighted by molar-refractivity contribution is 0.184. The van der Waals surface area contributed by atoms with Gasteiger partial charge in [0.2, 0.25) is 0 Å². The molecule has 94 valence electrons. The van der Waals surface area contributed by atoms with Crippen LogP contribution in [0, 0.1) is 19.8 Å². The van der Waals surface area contributed by atoms with Crippen LogP contribution in [0.25, 0.3) is 0 Å². The molecule has 0 heterocycles. The Morgan fingerprint density at radius 1 is 1.29 bits per heavy atom. The second kappa shape index (κ2) is 5.22. The van der Waals surface area contributed by atoms with E-state index < -0.39 is 0 Å². The maximum absolute atomic E-state index is 3.65. The van der Waals surface area contributed by atoms with Gasteiger partial charge >= 0.3 is 0 Å². The fourth-order valence-electron chi connectivity index (χ4n) is 2.97. The highest BCUT2D eigenvalue weighted by Gasteiger charge is 2.38. The van der Waals surface area contributed by atoms with Crippen LogP contribution in [0.5, 0.6) is 0 Å². The summed E-state index contributed by atoms with van der Waals surface area (Å²) in [6.45, 7) is 10.3. The third-order valence-electron chi connectivity index (χ3n) is 4.48. The first-order valence-corrected chi connectivity index (χ1v) is 6.94. The molecule has 1 fully saturated rings. The SMILES string of the molecule is CCCNC1CC(c2cccc(C)c2C)C1C. The number of hydrogen-bond donors (Lipinski definition) is 1. The van der Waals surface area contributed by atoms with Crippen LogP contribution < -0.4 is 5.32 Å². The van der Waals surface area contributed by atoms with Crippen molar-refractivity contribution in [3.8, 4) is 0 Å². The van der Waals surface area contributed by atoms with Crippen LogP contribution in [-0.2, 0) is 0 Å². The predicted octanol–water partition coefficient (Wildman–Crippen LogP) is 3.80. The Bertz CT molecular complexity index is 383. The van der Waals surface area contributed by atoms with Crippen molar-refractivity contribution < 1.29 is 0 Å². The molecule has 0 spiro atoms. The van der Waals surface area contributed by atoms with Gasteiger partial charge in [-0.25, -0.2) is 0 Å². The second-order valence-corrected chi connectivity index (χ2v) is 5.55. The van der Waals surface area contributed by atoms with Crippen LogP contribution in [0.1, 0.15) is 49.3 Å². The van der Waals surface area contributed by atoms with Crippen molar-refractivity contribution in [3.63, 3.8) is 0 Å². The van der Waals surface area contributed by atoms with E-state index in [1.165, 1.54) is 24.0 Å². The number of rotatable bonds is 4. The third kappa shape index (κ3) is 2.40. The van der Waals surface area contributed by atoms with E-state index >= 15 is 0 Å². The Labute approximate surface area is 106 Å². The van der Waals surface area contributed by atoms with Gasteiger partial charge in [-0.15, -0.1) is 0 Å². The highest BCUT2D eigenvalue weighted by molar-refractivity contribution is 5.37. The van der Waals surface area contributed by atoms with Crippen molar-refractivity contribution in [3.05, 3.63) is 34.9 Å². The standard InChI is InChI=1S/C16H25N/c1-5-9-17-16-10-15(13(16)4)14-8-6-7-11(2)12(14)3/h6-8,13,15-17H,5,9-10H2,1-4H3. The van der Waals surface area contributed by atoms with E-state index in [4.69, 9.17) is 0 Å². The molecule has 3 atom stereocenters. The van der Waals surface area contributed by atoms with Gasteiger partial charge in [0.25, 0.3) is 0 Å². The molecular weight excluding hydrogens is 206 g/mol. The average Bonchev–Trinajstić information content (AvgIpc) is 2.32. The third-order valence-corrected chi connectivity index (χ3v) is 4.48. The van der Waals surface area contributed by atoms with Crippen LogP contribution in [0.2, 0.25) is 0 Å². The van der Waals surface area contributed by atoms with Crippen molar-refractivity contribution in [1.82, 2.24) is 5.32 Å². The Morgan fingerprint density at radius 2 is 2.06 bits per heavy atom. The first-order chi connectivity index (χ1) is 8.15. The monoisotopic (exact) mass is 231 g/mol. The Hall–Kier alpha value is -0.820. The van der Waals surface area contributed by atoms with Gasteiger partial charge < -0.3 is 5.32 Å². The molecule has 1 aromatic carbocycles. The number of aryl methyl sites for hydroxylation is 1. The van der Waals surface area contributed by atoms with Gasteiger partial charge in [0, 0.05) is 6.04 Å². The van der Waals surface area contributed by atoms with Gasteiger partial charge in [-0.05, 0) is 61.8 Å². The molecule has 0 aromatic heterocycles. The molecule has 2 rings (SSSR count). The molecule has 1 saturated carbocycles. The molecule has 3 unspecified atom stereocenters. The number of nitrogens with one attached hydrogen (secondary N) is 1. The summed E-state index contributed by atoms with van der Waals surface area (Å²) < 4.78 is 0. The van der Waals surface area contributed by atoms with E-state index in [2.05, 4.69) is 51.2 Å². The zero-order valence-electron chi connectivity index (χ0n) is 11.6. The molecule has 1 N–H and O–H groups in total. The molecule has 1 heteroatoms. The summed E-state index contributed by atoms with van der Waals surface area (Å²) in [4.78, 5) is 0. The maximum Gasteiger partial charge on any atom is 0.0104 e. The fourth-order valence-corrected chi connectivity index (χ4v) is 2.97. The van der Waals surface area contributed by atoms with E-state index in [0.29, 0.717) is 0 Å². The molecule has 1 aliphatic carbocycles. The summed E-state index contributed by atoms with van der Waals surface area (Å²) in [6, 6.07) is 7.48. The fraction of sp³-hybridized carbons (Fsp3) is 0.625. The van der Waals surface area contributed by atoms with Crippen molar-refractivity contribution in [1.29, 1.82) is 0 Å². The Balaban J connectivity index is 2.04. The van der Waals surface area contributed by atoms with Crippen LogP contribution >= 0.6 is 0 Å². The summed E-state index contributed by atoms with van der Waals surface area (Å²) in [6.07, 6.45) is 2.54. The maximum atomic E-state index is 3.65. The topological polar surface area (TPSA) is 12.0 Å². The Kier molecular flexibility index (Phi) is 3.88. The smallest absolute Gasteiger partial charge is 0.0104 e. The van der Waals surface area contributed by atoms with Crippen LogP contribution in [0.15, 0.2) is 18.2 Å². The molecular formula is C16H25N. The van der Waals surface area contributed by atoms with E-state index in [1.54, 1.807) is 5.56 Å². The normalized spacial score (nSPS) is 27.9. The zero-order valence-corrected chi connectivity index (χ0v) is 11.6. The zero-order chi connectivity index (χ0) is 12.4. The second-order valence-electron chi connectivity index (χ2n) is 5.55. The minimum Gasteiger partial charge on any atom is -0.314 e. The van der Waals surface area contributed by atoms with Crippen molar-refractivity contribution in [2.45, 2.75) is 52.5 Å². The van der Waals surface area contributed by atoms with Crippen molar-refractivity contribution in [2.24, 2.45) is 5.92 Å². The van der Waals surface area contributed by atoms with E-state index in [-0.39, 0.29) is 0 Å². The van der Waals surface area contributed by atoms with E-state index in [9.17, 15) is 0 Å². The lowest BCUT2D eigenvalue weighted by atomic mass is 9.66. The summed E-state index contributed by atoms with van der Waals surface area (Å²) in [5, 5.41) is 3.65. The van der Waals surface area contributed by atoms with Gasteiger partial charge in [-0.2, -0.15) is 0 Å². The quantitative estimate of drug-likeness (QED) is 0.831. The van der Waals surface area contributed by atoms with Gasteiger partial charge in [-0.1, -0.05) is 32.0 Å². The molecule has 17 heavy (non-hydrogen) atoms. The highest BCUT2D eigenvalue weighted by Crippen LogP contribution is 2.43. The van der Waals surface area contributed by atoms with Crippen molar-refractivity contribution >= 4 is 0 Å². The van der Waals surface area contributed by atoms with Crippen LogP contribution in [-0.4, -0.2) is 12.6 Å². The van der Waals surface area contributed by atoms with Crippen LogP contribution in [0.3, 0.4) is 0 Å². The van der Waals surface area contributed by atoms with Gasteiger partial charge in [0.05, 0.1) is 0 Å². The Morgan fingerprint density at radius 3 is 2.71 bits per heavy atom. The lowest BCUT2D eigenvalue weighted by Gasteiger charge is -2.44. The number of benzene rings is 1. The molecule has 1 nitrogen and oxygen atoms in total. The largest absolute Gasteiger partial charge is 0.314 e. The molecule has 0 aliphatic heterocycles. The van der Waals surface area contributed by atoms with Gasteiger partial charge in [0.1, 0.15) is 0 Å². The van der Waals surface area contributed by atoms with E-state index in [1.807, 2.05) is 0 Å². The first kappa shape index (κ1) is 12.6. The minimum atomic E-state index is 0.736. The molecule has 1 aliphatic rings. The van der Waals surface area contributed by atoms with Crippen molar-refractivity contribution in [2.75, 3.05) is 6.54 Å². The lowest BCUT2D eigenvalue weighted by Crippen LogP contribution is -2.48. The molecule has 0 radical (unpaired) electrons. The average molecular weight is 231 g/mol. The predicted molar refractivity (Wildman–Crippen MR) is 74.5 cm³/mol.